The van der Waals surface area contributed by atoms with Crippen LogP contribution in [0.1, 0.15) is 32.1 Å². The molecule has 2 heterocycles. The van der Waals surface area contributed by atoms with Gasteiger partial charge in [0.1, 0.15) is 11.4 Å². The quantitative estimate of drug-likeness (QED) is 0.600. The molecule has 0 saturated heterocycles. The molecule has 0 unspecified atom stereocenters. The smallest absolute Gasteiger partial charge is 0.295 e. The van der Waals surface area contributed by atoms with Crippen LogP contribution in [0.25, 0.3) is 10.8 Å². The van der Waals surface area contributed by atoms with Gasteiger partial charge in [-0.25, -0.2) is 4.99 Å². The Morgan fingerprint density at radius 3 is 2.67 bits per heavy atom. The first-order chi connectivity index (χ1) is 12.9. The average Bonchev–Trinajstić information content (AvgIpc) is 2.63. The van der Waals surface area contributed by atoms with E-state index in [1.807, 2.05) is 0 Å². The Hall–Kier alpha value is -2.94. The zero-order chi connectivity index (χ0) is 19.2. The Morgan fingerprint density at radius 2 is 1.96 bits per heavy atom. The molecule has 1 spiro atoms. The van der Waals surface area contributed by atoms with E-state index in [2.05, 4.69) is 15.0 Å². The lowest BCUT2D eigenvalue weighted by atomic mass is 9.86. The van der Waals surface area contributed by atoms with E-state index in [0.717, 1.165) is 19.3 Å². The molecule has 2 aromatic rings. The SMILES string of the molecule is NC1=NC2(CCCCC2)N(c2c([N+](=O)[O-])cc(Cl)c3ccncc23)C(N)=N1. The highest BCUT2D eigenvalue weighted by Gasteiger charge is 2.45. The van der Waals surface area contributed by atoms with Gasteiger partial charge in [-0.3, -0.25) is 20.0 Å². The minimum atomic E-state index is -0.796. The number of anilines is 1. The van der Waals surface area contributed by atoms with Crippen molar-refractivity contribution in [1.82, 2.24) is 4.98 Å². The van der Waals surface area contributed by atoms with Crippen molar-refractivity contribution in [2.45, 2.75) is 37.8 Å². The minimum Gasteiger partial charge on any atom is -0.369 e. The third kappa shape index (κ3) is 2.74. The van der Waals surface area contributed by atoms with Crippen molar-refractivity contribution in [2.24, 2.45) is 21.5 Å². The van der Waals surface area contributed by atoms with E-state index in [9.17, 15) is 10.1 Å². The number of hydrogen-bond donors (Lipinski definition) is 2. The van der Waals surface area contributed by atoms with Crippen molar-refractivity contribution in [3.63, 3.8) is 0 Å². The Labute approximate surface area is 159 Å². The van der Waals surface area contributed by atoms with E-state index in [1.54, 1.807) is 23.4 Å². The molecule has 10 heteroatoms. The lowest BCUT2D eigenvalue weighted by molar-refractivity contribution is -0.384. The summed E-state index contributed by atoms with van der Waals surface area (Å²) in [5.41, 5.74) is 11.5. The number of aromatic nitrogens is 1. The fourth-order valence-corrected chi connectivity index (χ4v) is 4.28. The summed E-state index contributed by atoms with van der Waals surface area (Å²) in [7, 11) is 0. The number of nitrogens with two attached hydrogens (primary N) is 2. The third-order valence-corrected chi connectivity index (χ3v) is 5.42. The van der Waals surface area contributed by atoms with Crippen molar-refractivity contribution in [3.05, 3.63) is 39.7 Å². The monoisotopic (exact) mass is 387 g/mol. The Kier molecular flexibility index (Phi) is 4.11. The van der Waals surface area contributed by atoms with Crippen LogP contribution in [0.4, 0.5) is 11.4 Å². The molecule has 2 aliphatic rings. The number of aliphatic imine (C=N–C) groups is 2. The molecule has 0 atom stereocenters. The van der Waals surface area contributed by atoms with E-state index in [0.29, 0.717) is 29.3 Å². The fourth-order valence-electron chi connectivity index (χ4n) is 4.01. The van der Waals surface area contributed by atoms with Gasteiger partial charge in [-0.2, -0.15) is 4.99 Å². The summed E-state index contributed by atoms with van der Waals surface area (Å²) in [6.45, 7) is 0. The van der Waals surface area contributed by atoms with Crippen LogP contribution < -0.4 is 16.4 Å². The fraction of sp³-hybridized carbons (Fsp3) is 0.353. The van der Waals surface area contributed by atoms with Gasteiger partial charge in [-0.05, 0) is 31.7 Å². The molecule has 0 radical (unpaired) electrons. The molecule has 1 aliphatic carbocycles. The third-order valence-electron chi connectivity index (χ3n) is 5.11. The molecular weight excluding hydrogens is 370 g/mol. The zero-order valence-electron chi connectivity index (χ0n) is 14.4. The first-order valence-electron chi connectivity index (χ1n) is 8.63. The molecule has 4 N–H and O–H groups in total. The van der Waals surface area contributed by atoms with Crippen molar-refractivity contribution in [1.29, 1.82) is 0 Å². The van der Waals surface area contributed by atoms with Gasteiger partial charge in [0.25, 0.3) is 5.69 Å². The van der Waals surface area contributed by atoms with Crippen LogP contribution in [0.3, 0.4) is 0 Å². The molecule has 0 amide bonds. The van der Waals surface area contributed by atoms with Gasteiger partial charge in [0.05, 0.1) is 9.95 Å². The number of halogens is 1. The second-order valence-corrected chi connectivity index (χ2v) is 7.13. The number of pyridine rings is 1. The number of rotatable bonds is 2. The molecule has 140 valence electrons. The summed E-state index contributed by atoms with van der Waals surface area (Å²) in [5, 5.41) is 13.3. The molecule has 27 heavy (non-hydrogen) atoms. The van der Waals surface area contributed by atoms with Gasteiger partial charge < -0.3 is 11.5 Å². The van der Waals surface area contributed by atoms with E-state index in [-0.39, 0.29) is 22.6 Å². The molecule has 4 rings (SSSR count). The summed E-state index contributed by atoms with van der Waals surface area (Å²) in [6.07, 6.45) is 7.37. The molecule has 1 aromatic carbocycles. The number of guanidine groups is 2. The maximum absolute atomic E-state index is 11.9. The van der Waals surface area contributed by atoms with E-state index in [1.165, 1.54) is 6.07 Å². The van der Waals surface area contributed by atoms with Crippen LogP contribution >= 0.6 is 11.6 Å². The average molecular weight is 388 g/mol. The molecule has 1 aliphatic heterocycles. The summed E-state index contributed by atoms with van der Waals surface area (Å²) in [6, 6.07) is 3.05. The number of benzene rings is 1. The van der Waals surface area contributed by atoms with Gasteiger partial charge in [0, 0.05) is 29.2 Å². The molecule has 0 bridgehead atoms. The van der Waals surface area contributed by atoms with Crippen LogP contribution in [0.15, 0.2) is 34.5 Å². The van der Waals surface area contributed by atoms with Gasteiger partial charge in [0.15, 0.2) is 0 Å². The first-order valence-corrected chi connectivity index (χ1v) is 9.01. The Morgan fingerprint density at radius 1 is 1.22 bits per heavy atom. The van der Waals surface area contributed by atoms with Crippen LogP contribution in [-0.4, -0.2) is 27.5 Å². The summed E-state index contributed by atoms with van der Waals surface area (Å²) >= 11 is 6.29. The van der Waals surface area contributed by atoms with Gasteiger partial charge in [0.2, 0.25) is 11.9 Å². The van der Waals surface area contributed by atoms with E-state index in [4.69, 9.17) is 23.1 Å². The van der Waals surface area contributed by atoms with Crippen LogP contribution in [0.5, 0.6) is 0 Å². The molecule has 1 fully saturated rings. The first kappa shape index (κ1) is 17.5. The topological polar surface area (TPSA) is 136 Å². The summed E-state index contributed by atoms with van der Waals surface area (Å²) < 4.78 is 0. The second kappa shape index (κ2) is 6.34. The predicted molar refractivity (Wildman–Crippen MR) is 105 cm³/mol. The molecular formula is C17H18ClN7O2. The van der Waals surface area contributed by atoms with Crippen LogP contribution in [-0.2, 0) is 0 Å². The second-order valence-electron chi connectivity index (χ2n) is 6.72. The lowest BCUT2D eigenvalue weighted by Gasteiger charge is -2.45. The standard InChI is InChI=1S/C17H18ClN7O2/c18-12-8-13(25(26)27)14(11-9-21-7-4-10(11)12)24-16(20)22-15(19)23-17(24)5-2-1-3-6-17/h4,7-9H,1-3,5-6H2,(H4,19,20,22,23). The van der Waals surface area contributed by atoms with Crippen molar-refractivity contribution >= 4 is 45.7 Å². The highest BCUT2D eigenvalue weighted by molar-refractivity contribution is 6.36. The van der Waals surface area contributed by atoms with Gasteiger partial charge >= 0.3 is 0 Å². The minimum absolute atomic E-state index is 0.0833. The molecule has 1 saturated carbocycles. The van der Waals surface area contributed by atoms with Crippen molar-refractivity contribution in [2.75, 3.05) is 4.90 Å². The molecule has 1 aromatic heterocycles. The van der Waals surface area contributed by atoms with Crippen LogP contribution in [0, 0.1) is 10.1 Å². The largest absolute Gasteiger partial charge is 0.369 e. The Balaban J connectivity index is 2.05. The normalized spacial score (nSPS) is 19.1. The van der Waals surface area contributed by atoms with Crippen molar-refractivity contribution in [3.8, 4) is 0 Å². The summed E-state index contributed by atoms with van der Waals surface area (Å²) in [4.78, 5) is 25.9. The van der Waals surface area contributed by atoms with Gasteiger partial charge in [-0.1, -0.05) is 18.0 Å². The molecule has 9 nitrogen and oxygen atoms in total. The number of hydrogen-bond acceptors (Lipinski definition) is 8. The highest BCUT2D eigenvalue weighted by Crippen LogP contribution is 2.46. The highest BCUT2D eigenvalue weighted by atomic mass is 35.5. The number of nitro groups is 1. The number of nitro benzene ring substituents is 1. The van der Waals surface area contributed by atoms with Gasteiger partial charge in [-0.15, -0.1) is 0 Å². The maximum atomic E-state index is 11.9. The zero-order valence-corrected chi connectivity index (χ0v) is 15.2. The number of fused-ring (bicyclic) bond motifs is 1. The van der Waals surface area contributed by atoms with Crippen molar-refractivity contribution < 1.29 is 4.92 Å². The predicted octanol–water partition coefficient (Wildman–Crippen LogP) is 2.91. The lowest BCUT2D eigenvalue weighted by Crippen LogP contribution is -2.58. The number of nitrogens with zero attached hydrogens (tertiary/aromatic N) is 5. The van der Waals surface area contributed by atoms with E-state index < -0.39 is 10.6 Å². The maximum Gasteiger partial charge on any atom is 0.295 e. The van der Waals surface area contributed by atoms with Crippen LogP contribution in [0.2, 0.25) is 5.02 Å². The Bertz CT molecular complexity index is 998. The van der Waals surface area contributed by atoms with E-state index >= 15 is 0 Å². The summed E-state index contributed by atoms with van der Waals surface area (Å²) in [5.74, 6) is 0.171.